The second-order valence-corrected chi connectivity index (χ2v) is 2.37. The average molecular weight is 136 g/mol. The second-order valence-electron chi connectivity index (χ2n) is 2.37. The van der Waals surface area contributed by atoms with Crippen LogP contribution in [0, 0.1) is 0 Å². The smallest absolute Gasteiger partial charge is 0.0395 e. The molecule has 0 spiro atoms. The van der Waals surface area contributed by atoms with Gasteiger partial charge in [0.05, 0.1) is 0 Å². The molecule has 0 heterocycles. The summed E-state index contributed by atoms with van der Waals surface area (Å²) in [4.78, 5) is 0. The molecule has 0 nitrogen and oxygen atoms in total. The molecule has 0 aromatic heterocycles. The first-order chi connectivity index (χ1) is 4.72. The molecule has 0 aliphatic heterocycles. The molecule has 0 radical (unpaired) electrons. The minimum absolute atomic E-state index is 1.33. The van der Waals surface area contributed by atoms with E-state index in [9.17, 15) is 0 Å². The number of allylic oxidation sites excluding steroid dienone is 6. The summed E-state index contributed by atoms with van der Waals surface area (Å²) in [6.45, 7) is 8.31. The van der Waals surface area contributed by atoms with Crippen LogP contribution in [0.4, 0.5) is 0 Å². The average Bonchev–Trinajstić information content (AvgIpc) is 1.89. The molecule has 0 N–H and O–H groups in total. The van der Waals surface area contributed by atoms with Gasteiger partial charge < -0.3 is 0 Å². The van der Waals surface area contributed by atoms with E-state index in [0.717, 1.165) is 0 Å². The van der Waals surface area contributed by atoms with Gasteiger partial charge in [0.15, 0.2) is 0 Å². The molecule has 0 fully saturated rings. The lowest BCUT2D eigenvalue weighted by Gasteiger charge is -1.94. The van der Waals surface area contributed by atoms with Crippen molar-refractivity contribution in [2.45, 2.75) is 27.7 Å². The Hall–Kier alpha value is -0.780. The lowest BCUT2D eigenvalue weighted by Crippen LogP contribution is -1.74. The third-order valence-electron chi connectivity index (χ3n) is 1.46. The molecule has 0 atom stereocenters. The maximum Gasteiger partial charge on any atom is -0.0395 e. The van der Waals surface area contributed by atoms with Crippen LogP contribution in [-0.2, 0) is 0 Å². The maximum atomic E-state index is 2.12. The second kappa shape index (κ2) is 5.04. The van der Waals surface area contributed by atoms with Crippen LogP contribution >= 0.6 is 0 Å². The molecule has 0 rings (SSSR count). The highest BCUT2D eigenvalue weighted by Gasteiger charge is 1.84. The molecule has 10 heavy (non-hydrogen) atoms. The molecule has 0 aromatic carbocycles. The molecule has 0 amide bonds. The normalized spacial score (nSPS) is 14.8. The standard InChI is InChI=1S/C10H16/c1-5-7-9(3)10(4)8-6-2/h5-8H,1-4H3/b7-5-,8-6-,10-9-. The van der Waals surface area contributed by atoms with Crippen LogP contribution in [0.5, 0.6) is 0 Å². The highest BCUT2D eigenvalue weighted by Crippen LogP contribution is 2.05. The SMILES string of the molecule is C\C=C/C(C)=C(C)\C=C/C. The van der Waals surface area contributed by atoms with E-state index < -0.39 is 0 Å². The van der Waals surface area contributed by atoms with E-state index in [4.69, 9.17) is 0 Å². The summed E-state index contributed by atoms with van der Waals surface area (Å²) in [5.74, 6) is 0. The van der Waals surface area contributed by atoms with Crippen LogP contribution in [0.2, 0.25) is 0 Å². The predicted octanol–water partition coefficient (Wildman–Crippen LogP) is 3.48. The van der Waals surface area contributed by atoms with Gasteiger partial charge in [-0.1, -0.05) is 24.3 Å². The molecular weight excluding hydrogens is 120 g/mol. The minimum atomic E-state index is 1.33. The molecule has 0 heteroatoms. The lowest BCUT2D eigenvalue weighted by atomic mass is 10.1. The van der Waals surface area contributed by atoms with Gasteiger partial charge in [-0.3, -0.25) is 0 Å². The summed E-state index contributed by atoms with van der Waals surface area (Å²) < 4.78 is 0. The Morgan fingerprint density at radius 2 is 1.10 bits per heavy atom. The first kappa shape index (κ1) is 9.22. The zero-order chi connectivity index (χ0) is 7.98. The van der Waals surface area contributed by atoms with Crippen molar-refractivity contribution in [2.24, 2.45) is 0 Å². The summed E-state index contributed by atoms with van der Waals surface area (Å²) >= 11 is 0. The van der Waals surface area contributed by atoms with Crippen LogP contribution in [-0.4, -0.2) is 0 Å². The van der Waals surface area contributed by atoms with Crippen molar-refractivity contribution >= 4 is 0 Å². The number of rotatable bonds is 2. The van der Waals surface area contributed by atoms with Gasteiger partial charge in [-0.05, 0) is 38.8 Å². The Labute approximate surface area is 64.0 Å². The Bertz CT molecular complexity index is 148. The zero-order valence-electron chi connectivity index (χ0n) is 7.31. The summed E-state index contributed by atoms with van der Waals surface area (Å²) in [6, 6.07) is 0. The minimum Gasteiger partial charge on any atom is -0.0874 e. The summed E-state index contributed by atoms with van der Waals surface area (Å²) in [6.07, 6.45) is 8.36. The van der Waals surface area contributed by atoms with E-state index in [1.165, 1.54) is 11.1 Å². The Morgan fingerprint density at radius 1 is 0.800 bits per heavy atom. The van der Waals surface area contributed by atoms with E-state index in [1.54, 1.807) is 0 Å². The van der Waals surface area contributed by atoms with Gasteiger partial charge in [-0.2, -0.15) is 0 Å². The molecule has 0 aliphatic rings. The van der Waals surface area contributed by atoms with Gasteiger partial charge in [0.2, 0.25) is 0 Å². The van der Waals surface area contributed by atoms with E-state index in [1.807, 2.05) is 13.8 Å². The molecular formula is C10H16. The largest absolute Gasteiger partial charge is 0.0874 e. The van der Waals surface area contributed by atoms with Gasteiger partial charge in [-0.25, -0.2) is 0 Å². The van der Waals surface area contributed by atoms with Gasteiger partial charge >= 0.3 is 0 Å². The van der Waals surface area contributed by atoms with Crippen molar-refractivity contribution in [3.8, 4) is 0 Å². The third-order valence-corrected chi connectivity index (χ3v) is 1.46. The van der Waals surface area contributed by atoms with E-state index in [0.29, 0.717) is 0 Å². The van der Waals surface area contributed by atoms with Crippen molar-refractivity contribution in [2.75, 3.05) is 0 Å². The van der Waals surface area contributed by atoms with Crippen LogP contribution in [0.1, 0.15) is 27.7 Å². The summed E-state index contributed by atoms with van der Waals surface area (Å²) in [7, 11) is 0. The van der Waals surface area contributed by atoms with E-state index in [2.05, 4.69) is 38.2 Å². The fraction of sp³-hybridized carbons (Fsp3) is 0.400. The highest BCUT2D eigenvalue weighted by atomic mass is 13.9. The Morgan fingerprint density at radius 3 is 1.30 bits per heavy atom. The number of hydrogen-bond acceptors (Lipinski definition) is 0. The lowest BCUT2D eigenvalue weighted by molar-refractivity contribution is 1.36. The third kappa shape index (κ3) is 3.29. The van der Waals surface area contributed by atoms with Crippen LogP contribution < -0.4 is 0 Å². The van der Waals surface area contributed by atoms with Gasteiger partial charge in [0.1, 0.15) is 0 Å². The summed E-state index contributed by atoms with van der Waals surface area (Å²) in [5, 5.41) is 0. The molecule has 0 unspecified atom stereocenters. The van der Waals surface area contributed by atoms with E-state index >= 15 is 0 Å². The zero-order valence-corrected chi connectivity index (χ0v) is 7.31. The van der Waals surface area contributed by atoms with Crippen LogP contribution in [0.25, 0.3) is 0 Å². The highest BCUT2D eigenvalue weighted by molar-refractivity contribution is 5.29. The van der Waals surface area contributed by atoms with Crippen molar-refractivity contribution in [1.29, 1.82) is 0 Å². The first-order valence-corrected chi connectivity index (χ1v) is 3.65. The maximum absolute atomic E-state index is 2.12. The van der Waals surface area contributed by atoms with Crippen molar-refractivity contribution < 1.29 is 0 Å². The monoisotopic (exact) mass is 136 g/mol. The van der Waals surface area contributed by atoms with Gasteiger partial charge in [0.25, 0.3) is 0 Å². The van der Waals surface area contributed by atoms with Crippen molar-refractivity contribution in [3.63, 3.8) is 0 Å². The number of hydrogen-bond donors (Lipinski definition) is 0. The molecule has 0 aliphatic carbocycles. The quantitative estimate of drug-likeness (QED) is 0.510. The topological polar surface area (TPSA) is 0 Å². The predicted molar refractivity (Wildman–Crippen MR) is 48.0 cm³/mol. The fourth-order valence-electron chi connectivity index (χ4n) is 0.763. The van der Waals surface area contributed by atoms with E-state index in [-0.39, 0.29) is 0 Å². The van der Waals surface area contributed by atoms with Gasteiger partial charge in [-0.15, -0.1) is 0 Å². The Kier molecular flexibility index (Phi) is 4.65. The molecule has 0 aromatic rings. The van der Waals surface area contributed by atoms with Crippen molar-refractivity contribution in [1.82, 2.24) is 0 Å². The summed E-state index contributed by atoms with van der Waals surface area (Å²) in [5.41, 5.74) is 2.67. The molecule has 0 bridgehead atoms. The van der Waals surface area contributed by atoms with Crippen LogP contribution in [0.3, 0.4) is 0 Å². The molecule has 0 saturated heterocycles. The van der Waals surface area contributed by atoms with Crippen LogP contribution in [0.15, 0.2) is 35.5 Å². The fourth-order valence-corrected chi connectivity index (χ4v) is 0.763. The Balaban J connectivity index is 4.33. The molecule has 56 valence electrons. The van der Waals surface area contributed by atoms with Gasteiger partial charge in [0, 0.05) is 0 Å². The first-order valence-electron chi connectivity index (χ1n) is 3.65. The van der Waals surface area contributed by atoms with Crippen molar-refractivity contribution in [3.05, 3.63) is 35.5 Å². The molecule has 0 saturated carbocycles.